The van der Waals surface area contributed by atoms with Crippen LogP contribution in [0.1, 0.15) is 37.3 Å². The first-order valence-electron chi connectivity index (χ1n) is 7.95. The molecule has 2 fully saturated rings. The average Bonchev–Trinajstić information content (AvgIpc) is 3.02. The van der Waals surface area contributed by atoms with Crippen molar-refractivity contribution in [2.45, 2.75) is 37.8 Å². The van der Waals surface area contributed by atoms with E-state index in [1.165, 1.54) is 12.1 Å². The van der Waals surface area contributed by atoms with Crippen LogP contribution in [0.4, 0.5) is 4.39 Å². The molecule has 0 radical (unpaired) electrons. The van der Waals surface area contributed by atoms with E-state index in [2.05, 4.69) is 0 Å². The fraction of sp³-hybridized carbons (Fsp3) is 0.529. The van der Waals surface area contributed by atoms with Crippen LogP contribution >= 0.6 is 0 Å². The number of likely N-dealkylation sites (tertiary alicyclic amines) is 1. The standard InChI is InChI=1S/C17H20FNO4/c18-12-4-1-3-11(9-12)16-14(17(21)22)6-7-15(20)19(16)10-13-5-2-8-23-13/h1,3-4,9,13-14,16H,2,5-8,10H2,(H,21,22)/t13-,14-,16+/m1/s1. The lowest BCUT2D eigenvalue weighted by atomic mass is 9.84. The van der Waals surface area contributed by atoms with Gasteiger partial charge < -0.3 is 14.7 Å². The Balaban J connectivity index is 1.93. The summed E-state index contributed by atoms with van der Waals surface area (Å²) in [5, 5.41) is 9.54. The van der Waals surface area contributed by atoms with Gasteiger partial charge in [0.2, 0.25) is 5.91 Å². The number of nitrogens with zero attached hydrogens (tertiary/aromatic N) is 1. The van der Waals surface area contributed by atoms with Crippen LogP contribution in [0, 0.1) is 11.7 Å². The zero-order chi connectivity index (χ0) is 16.4. The zero-order valence-corrected chi connectivity index (χ0v) is 12.8. The first-order valence-corrected chi connectivity index (χ1v) is 7.95. The summed E-state index contributed by atoms with van der Waals surface area (Å²) in [5.41, 5.74) is 0.531. The van der Waals surface area contributed by atoms with Gasteiger partial charge >= 0.3 is 5.97 Å². The second-order valence-corrected chi connectivity index (χ2v) is 6.16. The topological polar surface area (TPSA) is 66.8 Å². The van der Waals surface area contributed by atoms with E-state index in [1.54, 1.807) is 17.0 Å². The van der Waals surface area contributed by atoms with Gasteiger partial charge in [-0.1, -0.05) is 12.1 Å². The maximum atomic E-state index is 13.6. The normalized spacial score (nSPS) is 28.1. The molecule has 124 valence electrons. The fourth-order valence-electron chi connectivity index (χ4n) is 3.54. The number of carbonyl (C=O) groups excluding carboxylic acids is 1. The van der Waals surface area contributed by atoms with Gasteiger partial charge in [0.1, 0.15) is 5.82 Å². The predicted molar refractivity (Wildman–Crippen MR) is 80.2 cm³/mol. The lowest BCUT2D eigenvalue weighted by Gasteiger charge is -2.40. The van der Waals surface area contributed by atoms with Crippen molar-refractivity contribution in [3.8, 4) is 0 Å². The van der Waals surface area contributed by atoms with Gasteiger partial charge in [0.15, 0.2) is 0 Å². The minimum Gasteiger partial charge on any atom is -0.481 e. The number of carbonyl (C=O) groups is 2. The highest BCUT2D eigenvalue weighted by Crippen LogP contribution is 2.37. The molecule has 0 saturated carbocycles. The minimum atomic E-state index is -0.955. The molecular formula is C17H20FNO4. The number of rotatable bonds is 4. The molecule has 1 aromatic carbocycles. The molecule has 0 unspecified atom stereocenters. The number of benzene rings is 1. The highest BCUT2D eigenvalue weighted by molar-refractivity contribution is 5.81. The van der Waals surface area contributed by atoms with E-state index < -0.39 is 23.7 Å². The Hall–Kier alpha value is -1.95. The van der Waals surface area contributed by atoms with Crippen molar-refractivity contribution in [1.29, 1.82) is 0 Å². The second kappa shape index (κ2) is 6.66. The van der Waals surface area contributed by atoms with Gasteiger partial charge in [0, 0.05) is 19.6 Å². The van der Waals surface area contributed by atoms with E-state index in [4.69, 9.17) is 4.74 Å². The van der Waals surface area contributed by atoms with Crippen molar-refractivity contribution in [2.75, 3.05) is 13.2 Å². The SMILES string of the molecule is O=C(O)[C@@H]1CCC(=O)N(C[C@H]2CCCO2)[C@H]1c1cccc(F)c1. The smallest absolute Gasteiger partial charge is 0.308 e. The van der Waals surface area contributed by atoms with Crippen LogP contribution in [0.5, 0.6) is 0 Å². The Morgan fingerprint density at radius 3 is 2.87 bits per heavy atom. The van der Waals surface area contributed by atoms with E-state index in [9.17, 15) is 19.1 Å². The Morgan fingerprint density at radius 1 is 1.39 bits per heavy atom. The molecule has 2 saturated heterocycles. The Morgan fingerprint density at radius 2 is 2.22 bits per heavy atom. The number of ether oxygens (including phenoxy) is 1. The highest BCUT2D eigenvalue weighted by atomic mass is 19.1. The number of amides is 1. The van der Waals surface area contributed by atoms with Gasteiger partial charge in [-0.15, -0.1) is 0 Å². The summed E-state index contributed by atoms with van der Waals surface area (Å²) in [6, 6.07) is 5.22. The monoisotopic (exact) mass is 321 g/mol. The Kier molecular flexibility index (Phi) is 4.61. The third-order valence-corrected chi connectivity index (χ3v) is 4.64. The van der Waals surface area contributed by atoms with Crippen LogP contribution in [0.15, 0.2) is 24.3 Å². The third kappa shape index (κ3) is 3.37. The Bertz CT molecular complexity index is 600. The summed E-state index contributed by atoms with van der Waals surface area (Å²) < 4.78 is 19.2. The molecule has 0 aliphatic carbocycles. The summed E-state index contributed by atoms with van der Waals surface area (Å²) in [7, 11) is 0. The maximum Gasteiger partial charge on any atom is 0.308 e. The molecule has 3 rings (SSSR count). The first-order chi connectivity index (χ1) is 11.1. The molecule has 23 heavy (non-hydrogen) atoms. The first kappa shape index (κ1) is 15.9. The van der Waals surface area contributed by atoms with Crippen LogP contribution in [-0.4, -0.2) is 41.1 Å². The number of carboxylic acid groups (broad SMARTS) is 1. The summed E-state index contributed by atoms with van der Waals surface area (Å²) in [4.78, 5) is 25.6. The molecule has 1 aromatic rings. The number of hydrogen-bond donors (Lipinski definition) is 1. The van der Waals surface area contributed by atoms with Crippen molar-refractivity contribution in [1.82, 2.24) is 4.90 Å². The van der Waals surface area contributed by atoms with Crippen LogP contribution in [0.25, 0.3) is 0 Å². The summed E-state index contributed by atoms with van der Waals surface area (Å²) in [6.07, 6.45) is 2.21. The zero-order valence-electron chi connectivity index (χ0n) is 12.8. The largest absolute Gasteiger partial charge is 0.481 e. The Labute approximate surface area is 134 Å². The lowest BCUT2D eigenvalue weighted by molar-refractivity contribution is -0.153. The van der Waals surface area contributed by atoms with Gasteiger partial charge in [-0.25, -0.2) is 4.39 Å². The van der Waals surface area contributed by atoms with Crippen molar-refractivity contribution in [3.05, 3.63) is 35.6 Å². The highest BCUT2D eigenvalue weighted by Gasteiger charge is 2.41. The second-order valence-electron chi connectivity index (χ2n) is 6.16. The molecular weight excluding hydrogens is 301 g/mol. The number of aliphatic carboxylic acids is 1. The van der Waals surface area contributed by atoms with Crippen molar-refractivity contribution < 1.29 is 23.8 Å². The molecule has 5 nitrogen and oxygen atoms in total. The molecule has 1 N–H and O–H groups in total. The van der Waals surface area contributed by atoms with Gasteiger partial charge in [0.05, 0.1) is 18.1 Å². The van der Waals surface area contributed by atoms with Crippen molar-refractivity contribution in [2.24, 2.45) is 5.92 Å². The predicted octanol–water partition coefficient (Wildman–Crippen LogP) is 2.37. The molecule has 0 spiro atoms. The van der Waals surface area contributed by atoms with E-state index in [1.807, 2.05) is 0 Å². The van der Waals surface area contributed by atoms with Gasteiger partial charge in [-0.3, -0.25) is 9.59 Å². The summed E-state index contributed by atoms with van der Waals surface area (Å²) in [6.45, 7) is 1.03. The van der Waals surface area contributed by atoms with Crippen molar-refractivity contribution in [3.63, 3.8) is 0 Å². The summed E-state index contributed by atoms with van der Waals surface area (Å²) >= 11 is 0. The van der Waals surface area contributed by atoms with Crippen LogP contribution in [-0.2, 0) is 14.3 Å². The van der Waals surface area contributed by atoms with Crippen LogP contribution in [0.2, 0.25) is 0 Å². The molecule has 3 atom stereocenters. The van der Waals surface area contributed by atoms with Crippen molar-refractivity contribution >= 4 is 11.9 Å². The van der Waals surface area contributed by atoms with Crippen LogP contribution < -0.4 is 0 Å². The number of carboxylic acids is 1. The third-order valence-electron chi connectivity index (χ3n) is 4.64. The number of halogens is 1. The van der Waals surface area contributed by atoms with E-state index >= 15 is 0 Å². The average molecular weight is 321 g/mol. The molecule has 2 heterocycles. The van der Waals surface area contributed by atoms with E-state index in [0.717, 1.165) is 12.8 Å². The quantitative estimate of drug-likeness (QED) is 0.924. The maximum absolute atomic E-state index is 13.6. The van der Waals surface area contributed by atoms with Gasteiger partial charge in [0.25, 0.3) is 0 Å². The number of piperidine rings is 1. The van der Waals surface area contributed by atoms with E-state index in [0.29, 0.717) is 18.7 Å². The molecule has 0 aromatic heterocycles. The molecule has 1 amide bonds. The molecule has 0 bridgehead atoms. The van der Waals surface area contributed by atoms with Gasteiger partial charge in [-0.2, -0.15) is 0 Å². The number of hydrogen-bond acceptors (Lipinski definition) is 3. The summed E-state index contributed by atoms with van der Waals surface area (Å²) in [5.74, 6) is -2.20. The van der Waals surface area contributed by atoms with Gasteiger partial charge in [-0.05, 0) is 37.0 Å². The van der Waals surface area contributed by atoms with Crippen LogP contribution in [0.3, 0.4) is 0 Å². The fourth-order valence-corrected chi connectivity index (χ4v) is 3.54. The molecule has 2 aliphatic heterocycles. The van der Waals surface area contributed by atoms with E-state index in [-0.39, 0.29) is 24.9 Å². The molecule has 6 heteroatoms. The minimum absolute atomic E-state index is 0.0671. The lowest BCUT2D eigenvalue weighted by Crippen LogP contribution is -2.48. The molecule has 2 aliphatic rings.